The van der Waals surface area contributed by atoms with Crippen LogP contribution in [0.2, 0.25) is 0 Å². The van der Waals surface area contributed by atoms with Crippen molar-refractivity contribution in [2.45, 2.75) is 13.0 Å². The molecule has 2 aromatic rings. The van der Waals surface area contributed by atoms with Gasteiger partial charge >= 0.3 is 0 Å². The Morgan fingerprint density at radius 3 is 3.13 bits per heavy atom. The summed E-state index contributed by atoms with van der Waals surface area (Å²) in [7, 11) is 0. The molecule has 5 nitrogen and oxygen atoms in total. The molecule has 2 rings (SSSR count). The third kappa shape index (κ3) is 1.97. The summed E-state index contributed by atoms with van der Waals surface area (Å²) in [6.07, 6.45) is 1.71. The highest BCUT2D eigenvalue weighted by Crippen LogP contribution is 2.16. The van der Waals surface area contributed by atoms with Crippen molar-refractivity contribution in [2.24, 2.45) is 5.73 Å². The van der Waals surface area contributed by atoms with Crippen LogP contribution in [0.3, 0.4) is 0 Å². The predicted molar refractivity (Wildman–Crippen MR) is 58.4 cm³/mol. The number of aromatic amines is 1. The maximum Gasteiger partial charge on any atom is 0.240 e. The summed E-state index contributed by atoms with van der Waals surface area (Å²) in [5, 5.41) is 10.4. The number of amides is 1. The molecule has 1 amide bonds. The normalized spacial score (nSPS) is 12.7. The first kappa shape index (κ1) is 9.67. The molecule has 0 saturated heterocycles. The van der Waals surface area contributed by atoms with E-state index in [1.54, 1.807) is 19.2 Å². The van der Waals surface area contributed by atoms with Crippen molar-refractivity contribution in [3.05, 3.63) is 24.4 Å². The minimum absolute atomic E-state index is 0.196. The fourth-order valence-corrected chi connectivity index (χ4v) is 1.28. The molecule has 1 unspecified atom stereocenters. The Morgan fingerprint density at radius 2 is 2.40 bits per heavy atom. The maximum absolute atomic E-state index is 11.3. The van der Waals surface area contributed by atoms with Crippen LogP contribution >= 0.6 is 0 Å². The lowest BCUT2D eigenvalue weighted by molar-refractivity contribution is -0.117. The lowest BCUT2D eigenvalue weighted by atomic mass is 10.2. The largest absolute Gasteiger partial charge is 0.325 e. The molecule has 78 valence electrons. The number of nitrogens with zero attached hydrogens (tertiary/aromatic N) is 1. The Balaban J connectivity index is 2.25. The molecule has 15 heavy (non-hydrogen) atoms. The van der Waals surface area contributed by atoms with Gasteiger partial charge < -0.3 is 11.1 Å². The highest BCUT2D eigenvalue weighted by molar-refractivity contribution is 5.96. The molecule has 0 radical (unpaired) electrons. The average molecular weight is 204 g/mol. The molecule has 1 atom stereocenters. The van der Waals surface area contributed by atoms with Gasteiger partial charge in [-0.3, -0.25) is 9.89 Å². The molecule has 0 aliphatic carbocycles. The first-order valence-electron chi connectivity index (χ1n) is 4.66. The second kappa shape index (κ2) is 3.70. The molecule has 0 spiro atoms. The van der Waals surface area contributed by atoms with E-state index in [2.05, 4.69) is 15.5 Å². The Labute approximate surface area is 86.7 Å². The van der Waals surface area contributed by atoms with Crippen LogP contribution in [0.1, 0.15) is 6.92 Å². The third-order valence-electron chi connectivity index (χ3n) is 2.12. The predicted octanol–water partition coefficient (Wildman–Crippen LogP) is 0.849. The van der Waals surface area contributed by atoms with Gasteiger partial charge in [0.05, 0.1) is 17.8 Å². The van der Waals surface area contributed by atoms with Gasteiger partial charge in [-0.25, -0.2) is 0 Å². The number of H-pyrrole nitrogens is 1. The summed E-state index contributed by atoms with van der Waals surface area (Å²) < 4.78 is 0. The summed E-state index contributed by atoms with van der Waals surface area (Å²) in [4.78, 5) is 11.3. The van der Waals surface area contributed by atoms with Crippen LogP contribution in [0.5, 0.6) is 0 Å². The molecule has 0 saturated carbocycles. The standard InChI is InChI=1S/C10H12N4O/c1-6(11)10(15)13-8-2-3-9-7(4-8)5-12-14-9/h2-6H,11H2,1H3,(H,12,14)(H,13,15). The van der Waals surface area contributed by atoms with E-state index >= 15 is 0 Å². The zero-order valence-electron chi connectivity index (χ0n) is 8.32. The smallest absolute Gasteiger partial charge is 0.240 e. The van der Waals surface area contributed by atoms with E-state index < -0.39 is 6.04 Å². The van der Waals surface area contributed by atoms with Crippen LogP contribution in [0.25, 0.3) is 10.9 Å². The van der Waals surface area contributed by atoms with E-state index in [1.807, 2.05) is 12.1 Å². The van der Waals surface area contributed by atoms with Crippen LogP contribution in [0.15, 0.2) is 24.4 Å². The minimum Gasteiger partial charge on any atom is -0.325 e. The summed E-state index contributed by atoms with van der Waals surface area (Å²) >= 11 is 0. The Morgan fingerprint density at radius 1 is 1.60 bits per heavy atom. The highest BCUT2D eigenvalue weighted by Gasteiger charge is 2.07. The maximum atomic E-state index is 11.3. The average Bonchev–Trinajstić information content (AvgIpc) is 2.64. The fraction of sp³-hybridized carbons (Fsp3) is 0.200. The van der Waals surface area contributed by atoms with Gasteiger partial charge in [0.1, 0.15) is 0 Å². The summed E-state index contributed by atoms with van der Waals surface area (Å²) in [5.41, 5.74) is 7.11. The van der Waals surface area contributed by atoms with Crippen molar-refractivity contribution >= 4 is 22.5 Å². The number of fused-ring (bicyclic) bond motifs is 1. The van der Waals surface area contributed by atoms with Crippen molar-refractivity contribution in [3.63, 3.8) is 0 Å². The van der Waals surface area contributed by atoms with Gasteiger partial charge in [-0.2, -0.15) is 5.10 Å². The summed E-state index contributed by atoms with van der Waals surface area (Å²) in [5.74, 6) is -0.196. The number of anilines is 1. The number of hydrogen-bond donors (Lipinski definition) is 3. The molecule has 4 N–H and O–H groups in total. The monoisotopic (exact) mass is 204 g/mol. The van der Waals surface area contributed by atoms with E-state index in [0.717, 1.165) is 16.6 Å². The molecule has 5 heteroatoms. The Bertz CT molecular complexity index is 489. The zero-order valence-corrected chi connectivity index (χ0v) is 8.32. The highest BCUT2D eigenvalue weighted by atomic mass is 16.2. The van der Waals surface area contributed by atoms with Crippen molar-refractivity contribution in [1.82, 2.24) is 10.2 Å². The molecule has 0 fully saturated rings. The third-order valence-corrected chi connectivity index (χ3v) is 2.12. The van der Waals surface area contributed by atoms with E-state index in [1.165, 1.54) is 0 Å². The Hall–Kier alpha value is -1.88. The Kier molecular flexibility index (Phi) is 2.39. The summed E-state index contributed by atoms with van der Waals surface area (Å²) in [6, 6.07) is 5.00. The van der Waals surface area contributed by atoms with Crippen molar-refractivity contribution < 1.29 is 4.79 Å². The number of nitrogens with two attached hydrogens (primary N) is 1. The lowest BCUT2D eigenvalue weighted by Crippen LogP contribution is -2.32. The number of nitrogens with one attached hydrogen (secondary N) is 2. The zero-order chi connectivity index (χ0) is 10.8. The molecular formula is C10H12N4O. The molecule has 0 aliphatic heterocycles. The second-order valence-corrected chi connectivity index (χ2v) is 3.45. The molecule has 0 aliphatic rings. The fourth-order valence-electron chi connectivity index (χ4n) is 1.28. The number of carbonyl (C=O) groups is 1. The van der Waals surface area contributed by atoms with Gasteiger partial charge in [0.2, 0.25) is 5.91 Å². The lowest BCUT2D eigenvalue weighted by Gasteiger charge is -2.07. The topological polar surface area (TPSA) is 83.8 Å². The van der Waals surface area contributed by atoms with Gasteiger partial charge in [-0.15, -0.1) is 0 Å². The van der Waals surface area contributed by atoms with Crippen molar-refractivity contribution in [1.29, 1.82) is 0 Å². The second-order valence-electron chi connectivity index (χ2n) is 3.45. The van der Waals surface area contributed by atoms with Gasteiger partial charge in [0, 0.05) is 11.1 Å². The van der Waals surface area contributed by atoms with Crippen LogP contribution in [0.4, 0.5) is 5.69 Å². The van der Waals surface area contributed by atoms with E-state index in [-0.39, 0.29) is 5.91 Å². The van der Waals surface area contributed by atoms with Gasteiger partial charge in [-0.1, -0.05) is 0 Å². The van der Waals surface area contributed by atoms with Crippen LogP contribution in [-0.4, -0.2) is 22.1 Å². The molecular weight excluding hydrogens is 192 g/mol. The number of aromatic nitrogens is 2. The number of hydrogen-bond acceptors (Lipinski definition) is 3. The van der Waals surface area contributed by atoms with Crippen LogP contribution < -0.4 is 11.1 Å². The number of benzene rings is 1. The van der Waals surface area contributed by atoms with Gasteiger partial charge in [0.15, 0.2) is 0 Å². The van der Waals surface area contributed by atoms with E-state index in [0.29, 0.717) is 0 Å². The number of rotatable bonds is 2. The summed E-state index contributed by atoms with van der Waals surface area (Å²) in [6.45, 7) is 1.64. The molecule has 0 bridgehead atoms. The number of carbonyl (C=O) groups excluding carboxylic acids is 1. The first-order chi connectivity index (χ1) is 7.16. The van der Waals surface area contributed by atoms with Crippen molar-refractivity contribution in [3.8, 4) is 0 Å². The van der Waals surface area contributed by atoms with Crippen LogP contribution in [0, 0.1) is 0 Å². The molecule has 1 aromatic carbocycles. The molecule has 1 heterocycles. The van der Waals surface area contributed by atoms with E-state index in [4.69, 9.17) is 5.73 Å². The quantitative estimate of drug-likeness (QED) is 0.678. The minimum atomic E-state index is -0.509. The van der Waals surface area contributed by atoms with Crippen molar-refractivity contribution in [2.75, 3.05) is 5.32 Å². The SMILES string of the molecule is CC(N)C(=O)Nc1ccc2[nH]ncc2c1. The van der Waals surface area contributed by atoms with Gasteiger partial charge in [-0.05, 0) is 25.1 Å². The van der Waals surface area contributed by atoms with E-state index in [9.17, 15) is 4.79 Å². The van der Waals surface area contributed by atoms with Gasteiger partial charge in [0.25, 0.3) is 0 Å². The van der Waals surface area contributed by atoms with Crippen LogP contribution in [-0.2, 0) is 4.79 Å². The first-order valence-corrected chi connectivity index (χ1v) is 4.66. The molecule has 1 aromatic heterocycles.